The minimum absolute atomic E-state index is 0.0501. The van der Waals surface area contributed by atoms with Gasteiger partial charge in [0.15, 0.2) is 5.16 Å². The fraction of sp³-hybridized carbons (Fsp3) is 0.750. The first-order chi connectivity index (χ1) is 9.72. The first-order valence-electron chi connectivity index (χ1n) is 6.85. The van der Waals surface area contributed by atoms with Gasteiger partial charge < -0.3 is 19.9 Å². The van der Waals surface area contributed by atoms with Crippen molar-refractivity contribution in [2.45, 2.75) is 31.7 Å². The SMILES string of the molecule is CCn1c(C)nnc1SCCNC(=O)[C@H]1CNCCO1. The lowest BCUT2D eigenvalue weighted by Crippen LogP contribution is -2.48. The second-order valence-corrected chi connectivity index (χ2v) is 5.54. The molecule has 0 radical (unpaired) electrons. The normalized spacial score (nSPS) is 19.0. The summed E-state index contributed by atoms with van der Waals surface area (Å²) in [5.41, 5.74) is 0. The molecule has 0 bridgehead atoms. The van der Waals surface area contributed by atoms with Crippen LogP contribution >= 0.6 is 11.8 Å². The maximum atomic E-state index is 11.8. The van der Waals surface area contributed by atoms with E-state index in [1.165, 1.54) is 0 Å². The molecule has 7 nitrogen and oxygen atoms in total. The number of nitrogens with zero attached hydrogens (tertiary/aromatic N) is 3. The lowest BCUT2D eigenvalue weighted by Gasteiger charge is -2.22. The number of thioether (sulfide) groups is 1. The van der Waals surface area contributed by atoms with Gasteiger partial charge in [0.1, 0.15) is 11.9 Å². The number of aryl methyl sites for hydroxylation is 1. The minimum atomic E-state index is -0.365. The average Bonchev–Trinajstić information content (AvgIpc) is 2.84. The molecular formula is C12H21N5O2S. The highest BCUT2D eigenvalue weighted by Crippen LogP contribution is 2.15. The minimum Gasteiger partial charge on any atom is -0.366 e. The van der Waals surface area contributed by atoms with E-state index in [1.54, 1.807) is 11.8 Å². The zero-order valence-electron chi connectivity index (χ0n) is 11.9. The van der Waals surface area contributed by atoms with E-state index >= 15 is 0 Å². The molecule has 1 aromatic rings. The number of morpholine rings is 1. The summed E-state index contributed by atoms with van der Waals surface area (Å²) < 4.78 is 7.44. The first-order valence-corrected chi connectivity index (χ1v) is 7.83. The Balaban J connectivity index is 1.69. The van der Waals surface area contributed by atoms with Crippen molar-refractivity contribution in [2.75, 3.05) is 32.0 Å². The van der Waals surface area contributed by atoms with Crippen LogP contribution in [-0.2, 0) is 16.1 Å². The van der Waals surface area contributed by atoms with Crippen LogP contribution in [-0.4, -0.2) is 58.8 Å². The smallest absolute Gasteiger partial charge is 0.250 e. The topological polar surface area (TPSA) is 81.1 Å². The lowest BCUT2D eigenvalue weighted by atomic mass is 10.3. The standard InChI is InChI=1S/C12H21N5O2S/c1-3-17-9(2)15-16-12(17)20-7-5-14-11(18)10-8-13-4-6-19-10/h10,13H,3-8H2,1-2H3,(H,14,18)/t10-/m1/s1. The third kappa shape index (κ3) is 3.94. The molecule has 1 aromatic heterocycles. The van der Waals surface area contributed by atoms with Crippen LogP contribution in [0.25, 0.3) is 0 Å². The molecule has 1 atom stereocenters. The number of ether oxygens (including phenoxy) is 1. The number of carbonyl (C=O) groups excluding carboxylic acids is 1. The number of nitrogens with one attached hydrogen (secondary N) is 2. The fourth-order valence-corrected chi connectivity index (χ4v) is 2.90. The van der Waals surface area contributed by atoms with Crippen LogP contribution in [0.5, 0.6) is 0 Å². The van der Waals surface area contributed by atoms with E-state index in [1.807, 2.05) is 6.92 Å². The van der Waals surface area contributed by atoms with Gasteiger partial charge in [-0.2, -0.15) is 0 Å². The van der Waals surface area contributed by atoms with Gasteiger partial charge in [0, 0.05) is 31.9 Å². The Morgan fingerprint density at radius 1 is 1.60 bits per heavy atom. The maximum Gasteiger partial charge on any atom is 0.250 e. The highest BCUT2D eigenvalue weighted by molar-refractivity contribution is 7.99. The zero-order valence-corrected chi connectivity index (χ0v) is 12.7. The monoisotopic (exact) mass is 299 g/mol. The number of carbonyl (C=O) groups is 1. The van der Waals surface area contributed by atoms with Crippen molar-refractivity contribution in [2.24, 2.45) is 0 Å². The summed E-state index contributed by atoms with van der Waals surface area (Å²) in [6.07, 6.45) is -0.365. The van der Waals surface area contributed by atoms with Gasteiger partial charge in [0.25, 0.3) is 0 Å². The number of amides is 1. The summed E-state index contributed by atoms with van der Waals surface area (Å²) in [6, 6.07) is 0. The molecular weight excluding hydrogens is 278 g/mol. The number of hydrogen-bond acceptors (Lipinski definition) is 6. The van der Waals surface area contributed by atoms with Gasteiger partial charge in [-0.3, -0.25) is 4.79 Å². The Labute approximate surface area is 122 Å². The molecule has 1 aliphatic rings. The van der Waals surface area contributed by atoms with Crippen LogP contribution in [0.4, 0.5) is 0 Å². The molecule has 0 saturated carbocycles. The predicted octanol–water partition coefficient (Wildman–Crippen LogP) is -0.197. The van der Waals surface area contributed by atoms with E-state index in [2.05, 4.69) is 32.3 Å². The van der Waals surface area contributed by atoms with E-state index in [-0.39, 0.29) is 12.0 Å². The molecule has 20 heavy (non-hydrogen) atoms. The Kier molecular flexibility index (Phi) is 5.81. The third-order valence-corrected chi connectivity index (χ3v) is 4.04. The van der Waals surface area contributed by atoms with Crippen LogP contribution < -0.4 is 10.6 Å². The molecule has 2 N–H and O–H groups in total. The summed E-state index contributed by atoms with van der Waals surface area (Å²) in [6.45, 7) is 7.44. The molecule has 2 heterocycles. The van der Waals surface area contributed by atoms with E-state index in [0.29, 0.717) is 19.7 Å². The molecule has 1 saturated heterocycles. The van der Waals surface area contributed by atoms with Crippen molar-refractivity contribution in [3.63, 3.8) is 0 Å². The Bertz CT molecular complexity index is 445. The molecule has 8 heteroatoms. The summed E-state index contributed by atoms with van der Waals surface area (Å²) in [5.74, 6) is 1.64. The van der Waals surface area contributed by atoms with E-state index in [0.717, 1.165) is 29.8 Å². The van der Waals surface area contributed by atoms with Crippen LogP contribution in [0.1, 0.15) is 12.7 Å². The van der Waals surface area contributed by atoms with E-state index in [9.17, 15) is 4.79 Å². The van der Waals surface area contributed by atoms with Crippen LogP contribution in [0.15, 0.2) is 5.16 Å². The summed E-state index contributed by atoms with van der Waals surface area (Å²) >= 11 is 1.60. The van der Waals surface area contributed by atoms with Gasteiger partial charge in [-0.15, -0.1) is 10.2 Å². The van der Waals surface area contributed by atoms with Crippen molar-refractivity contribution in [1.29, 1.82) is 0 Å². The van der Waals surface area contributed by atoms with Crippen molar-refractivity contribution in [1.82, 2.24) is 25.4 Å². The van der Waals surface area contributed by atoms with Crippen molar-refractivity contribution in [3.8, 4) is 0 Å². The van der Waals surface area contributed by atoms with Gasteiger partial charge in [-0.25, -0.2) is 0 Å². The highest BCUT2D eigenvalue weighted by atomic mass is 32.2. The van der Waals surface area contributed by atoms with Crippen LogP contribution in [0.2, 0.25) is 0 Å². The molecule has 1 amide bonds. The van der Waals surface area contributed by atoms with Gasteiger partial charge >= 0.3 is 0 Å². The number of hydrogen-bond donors (Lipinski definition) is 2. The molecule has 0 unspecified atom stereocenters. The fourth-order valence-electron chi connectivity index (χ4n) is 2.00. The Hall–Kier alpha value is -1.12. The van der Waals surface area contributed by atoms with E-state index in [4.69, 9.17) is 4.74 Å². The van der Waals surface area contributed by atoms with Gasteiger partial charge in [-0.1, -0.05) is 11.8 Å². The van der Waals surface area contributed by atoms with Crippen LogP contribution in [0.3, 0.4) is 0 Å². The second kappa shape index (κ2) is 7.61. The number of rotatable bonds is 6. The predicted molar refractivity (Wildman–Crippen MR) is 76.8 cm³/mol. The third-order valence-electron chi connectivity index (χ3n) is 3.07. The largest absolute Gasteiger partial charge is 0.366 e. The van der Waals surface area contributed by atoms with Gasteiger partial charge in [0.05, 0.1) is 6.61 Å². The van der Waals surface area contributed by atoms with Crippen molar-refractivity contribution >= 4 is 17.7 Å². The summed E-state index contributed by atoms with van der Waals surface area (Å²) in [7, 11) is 0. The van der Waals surface area contributed by atoms with Crippen molar-refractivity contribution < 1.29 is 9.53 Å². The molecule has 1 fully saturated rings. The van der Waals surface area contributed by atoms with Gasteiger partial charge in [0.2, 0.25) is 5.91 Å². The Morgan fingerprint density at radius 3 is 3.15 bits per heavy atom. The summed E-state index contributed by atoms with van der Waals surface area (Å²) in [4.78, 5) is 11.8. The second-order valence-electron chi connectivity index (χ2n) is 4.48. The molecule has 0 aliphatic carbocycles. The molecule has 0 spiro atoms. The Morgan fingerprint density at radius 2 is 2.45 bits per heavy atom. The number of aromatic nitrogens is 3. The molecule has 0 aromatic carbocycles. The molecule has 112 valence electrons. The van der Waals surface area contributed by atoms with Crippen molar-refractivity contribution in [3.05, 3.63) is 5.82 Å². The summed E-state index contributed by atoms with van der Waals surface area (Å²) in [5, 5.41) is 15.1. The average molecular weight is 299 g/mol. The van der Waals surface area contributed by atoms with E-state index < -0.39 is 0 Å². The van der Waals surface area contributed by atoms with Gasteiger partial charge in [-0.05, 0) is 13.8 Å². The molecule has 2 rings (SSSR count). The maximum absolute atomic E-state index is 11.8. The highest BCUT2D eigenvalue weighted by Gasteiger charge is 2.21. The first kappa shape index (κ1) is 15.3. The molecule has 1 aliphatic heterocycles. The zero-order chi connectivity index (χ0) is 14.4. The quantitative estimate of drug-likeness (QED) is 0.559. The lowest BCUT2D eigenvalue weighted by molar-refractivity contribution is -0.134. The van der Waals surface area contributed by atoms with Crippen LogP contribution in [0, 0.1) is 6.92 Å².